The molecule has 3 N–H and O–H groups in total. The molecule has 0 spiro atoms. The number of rotatable bonds is 6. The topological polar surface area (TPSA) is 106 Å². The van der Waals surface area contributed by atoms with Gasteiger partial charge >= 0.3 is 0 Å². The maximum absolute atomic E-state index is 10.9. The molecule has 2 aromatic heterocycles. The molecule has 0 bridgehead atoms. The SMILES string of the molecule is Cc1cn(C[C@H]2O[C@@H](n3cc(Cc4ccc(C5CC5)cc4)c4c(Cl)cccc43)[C@H](O)[C@@H](O)[C@@H]2O)nn1. The van der Waals surface area contributed by atoms with E-state index in [1.165, 1.54) is 24.0 Å². The summed E-state index contributed by atoms with van der Waals surface area (Å²) in [5.74, 6) is 0.705. The number of hydrogen-bond acceptors (Lipinski definition) is 6. The lowest BCUT2D eigenvalue weighted by Gasteiger charge is -2.41. The molecule has 0 unspecified atom stereocenters. The van der Waals surface area contributed by atoms with Gasteiger partial charge in [-0.05, 0) is 60.9 Å². The van der Waals surface area contributed by atoms with Crippen molar-refractivity contribution in [1.29, 1.82) is 0 Å². The van der Waals surface area contributed by atoms with Crippen LogP contribution in [0.2, 0.25) is 5.02 Å². The zero-order valence-electron chi connectivity index (χ0n) is 19.9. The number of aromatic nitrogens is 4. The summed E-state index contributed by atoms with van der Waals surface area (Å²) in [6.45, 7) is 2.00. The fraction of sp³-hybridized carbons (Fsp3) is 0.407. The summed E-state index contributed by atoms with van der Waals surface area (Å²) >= 11 is 6.66. The van der Waals surface area contributed by atoms with Crippen molar-refractivity contribution >= 4 is 22.5 Å². The Labute approximate surface area is 213 Å². The van der Waals surface area contributed by atoms with Gasteiger partial charge in [0.15, 0.2) is 6.23 Å². The van der Waals surface area contributed by atoms with Gasteiger partial charge in [0, 0.05) is 17.8 Å². The third-order valence-corrected chi connectivity index (χ3v) is 7.61. The Morgan fingerprint density at radius 2 is 1.78 bits per heavy atom. The Balaban J connectivity index is 1.34. The van der Waals surface area contributed by atoms with Crippen LogP contribution in [0, 0.1) is 6.92 Å². The van der Waals surface area contributed by atoms with Crippen LogP contribution < -0.4 is 0 Å². The second kappa shape index (κ2) is 9.28. The summed E-state index contributed by atoms with van der Waals surface area (Å²) in [6.07, 6.45) is 1.12. The van der Waals surface area contributed by atoms with Crippen LogP contribution in [0.5, 0.6) is 0 Å². The van der Waals surface area contributed by atoms with Gasteiger partial charge in [0.1, 0.15) is 24.4 Å². The number of halogens is 1. The number of benzene rings is 2. The highest BCUT2D eigenvalue weighted by atomic mass is 35.5. The molecule has 188 valence electrons. The largest absolute Gasteiger partial charge is 0.388 e. The van der Waals surface area contributed by atoms with Crippen molar-refractivity contribution in [1.82, 2.24) is 19.6 Å². The van der Waals surface area contributed by atoms with Crippen molar-refractivity contribution in [2.75, 3.05) is 0 Å². The van der Waals surface area contributed by atoms with Crippen molar-refractivity contribution in [3.8, 4) is 0 Å². The van der Waals surface area contributed by atoms with Crippen molar-refractivity contribution in [2.24, 2.45) is 0 Å². The standard InChI is InChI=1S/C27H29ClN4O4/c1-15-12-31(30-29-15)14-22-24(33)25(34)26(35)27(36-22)32-13-19(23-20(28)3-2-4-21(23)32)11-16-5-7-17(8-6-16)18-9-10-18/h2-8,12-13,18,22,24-27,33-35H,9-11,14H2,1H3/t22-,24-,25+,26-,27-/m1/s1. The van der Waals surface area contributed by atoms with Gasteiger partial charge < -0.3 is 24.6 Å². The molecule has 1 aliphatic heterocycles. The summed E-state index contributed by atoms with van der Waals surface area (Å²) in [5.41, 5.74) is 5.07. The second-order valence-corrected chi connectivity index (χ2v) is 10.4. The lowest BCUT2D eigenvalue weighted by molar-refractivity contribution is -0.247. The van der Waals surface area contributed by atoms with E-state index in [1.54, 1.807) is 10.9 Å². The fourth-order valence-corrected chi connectivity index (χ4v) is 5.51. The minimum Gasteiger partial charge on any atom is -0.388 e. The van der Waals surface area contributed by atoms with E-state index in [0.29, 0.717) is 17.4 Å². The van der Waals surface area contributed by atoms with Crippen molar-refractivity contribution in [2.45, 2.75) is 69.3 Å². The smallest absolute Gasteiger partial charge is 0.163 e. The normalized spacial score (nSPS) is 26.5. The van der Waals surface area contributed by atoms with E-state index in [4.69, 9.17) is 16.3 Å². The van der Waals surface area contributed by atoms with Crippen LogP contribution in [0.3, 0.4) is 0 Å². The van der Waals surface area contributed by atoms with Gasteiger partial charge in [-0.1, -0.05) is 47.1 Å². The fourth-order valence-electron chi connectivity index (χ4n) is 5.22. The average molecular weight is 509 g/mol. The molecule has 1 aliphatic carbocycles. The van der Waals surface area contributed by atoms with Crippen LogP contribution in [0.1, 0.15) is 47.4 Å². The van der Waals surface area contributed by atoms with Crippen LogP contribution in [0.4, 0.5) is 0 Å². The van der Waals surface area contributed by atoms with Gasteiger partial charge in [-0.15, -0.1) is 5.10 Å². The Hall–Kier alpha value is -2.75. The lowest BCUT2D eigenvalue weighted by atomic mass is 9.97. The number of aliphatic hydroxyl groups is 3. The molecule has 8 nitrogen and oxygen atoms in total. The molecule has 2 aromatic carbocycles. The first kappa shape index (κ1) is 23.6. The zero-order chi connectivity index (χ0) is 25.0. The Morgan fingerprint density at radius 1 is 1.00 bits per heavy atom. The van der Waals surface area contributed by atoms with E-state index in [-0.39, 0.29) is 6.54 Å². The van der Waals surface area contributed by atoms with Gasteiger partial charge in [-0.3, -0.25) is 0 Å². The minimum atomic E-state index is -1.39. The van der Waals surface area contributed by atoms with Crippen molar-refractivity contribution in [3.63, 3.8) is 0 Å². The first-order valence-electron chi connectivity index (χ1n) is 12.3. The predicted molar refractivity (Wildman–Crippen MR) is 135 cm³/mol. The van der Waals surface area contributed by atoms with E-state index in [1.807, 2.05) is 35.9 Å². The molecular weight excluding hydrogens is 480 g/mol. The van der Waals surface area contributed by atoms with Gasteiger partial charge in [0.05, 0.1) is 22.8 Å². The quantitative estimate of drug-likeness (QED) is 0.369. The number of nitrogens with zero attached hydrogens (tertiary/aromatic N) is 4. The van der Waals surface area contributed by atoms with Crippen molar-refractivity contribution < 1.29 is 20.1 Å². The number of hydrogen-bond donors (Lipinski definition) is 3. The van der Waals surface area contributed by atoms with E-state index in [2.05, 4.69) is 34.6 Å². The highest BCUT2D eigenvalue weighted by Crippen LogP contribution is 2.40. The number of fused-ring (bicyclic) bond motifs is 1. The minimum absolute atomic E-state index is 0.183. The molecule has 0 amide bonds. The summed E-state index contributed by atoms with van der Waals surface area (Å²) in [5, 5.41) is 41.8. The van der Waals surface area contributed by atoms with Crippen LogP contribution in [-0.4, -0.2) is 59.3 Å². The first-order valence-corrected chi connectivity index (χ1v) is 12.7. The molecule has 2 aliphatic rings. The predicted octanol–water partition coefficient (Wildman–Crippen LogP) is 3.34. The number of ether oxygens (including phenoxy) is 1. The second-order valence-electron chi connectivity index (χ2n) is 10.0. The summed E-state index contributed by atoms with van der Waals surface area (Å²) < 4.78 is 9.59. The highest BCUT2D eigenvalue weighted by Gasteiger charge is 2.45. The number of aliphatic hydroxyl groups excluding tert-OH is 3. The molecular formula is C27H29ClN4O4. The van der Waals surface area contributed by atoms with E-state index >= 15 is 0 Å². The zero-order valence-corrected chi connectivity index (χ0v) is 20.7. The van der Waals surface area contributed by atoms with E-state index in [0.717, 1.165) is 22.2 Å². The maximum atomic E-state index is 10.9. The molecule has 3 heterocycles. The molecule has 9 heteroatoms. The highest BCUT2D eigenvalue weighted by molar-refractivity contribution is 6.35. The average Bonchev–Trinajstić information content (AvgIpc) is 3.54. The Kier molecular flexibility index (Phi) is 6.09. The maximum Gasteiger partial charge on any atom is 0.163 e. The Bertz CT molecular complexity index is 1380. The molecule has 5 atom stereocenters. The first-order chi connectivity index (χ1) is 17.4. The summed E-state index contributed by atoms with van der Waals surface area (Å²) in [6, 6.07) is 14.4. The molecule has 1 saturated carbocycles. The van der Waals surface area contributed by atoms with Gasteiger partial charge in [0.2, 0.25) is 0 Å². The third-order valence-electron chi connectivity index (χ3n) is 7.29. The van der Waals surface area contributed by atoms with E-state index in [9.17, 15) is 15.3 Å². The van der Waals surface area contributed by atoms with Crippen LogP contribution in [0.25, 0.3) is 10.9 Å². The van der Waals surface area contributed by atoms with Gasteiger partial charge in [0.25, 0.3) is 0 Å². The summed E-state index contributed by atoms with van der Waals surface area (Å²) in [4.78, 5) is 0. The summed E-state index contributed by atoms with van der Waals surface area (Å²) in [7, 11) is 0. The van der Waals surface area contributed by atoms with Gasteiger partial charge in [-0.25, -0.2) is 4.68 Å². The van der Waals surface area contributed by atoms with Crippen molar-refractivity contribution in [3.05, 3.63) is 82.3 Å². The number of aryl methyl sites for hydroxylation is 1. The molecule has 0 radical (unpaired) electrons. The van der Waals surface area contributed by atoms with E-state index < -0.39 is 30.6 Å². The van der Waals surface area contributed by atoms with Crippen LogP contribution in [-0.2, 0) is 17.7 Å². The van der Waals surface area contributed by atoms with Crippen LogP contribution in [0.15, 0.2) is 54.9 Å². The van der Waals surface area contributed by atoms with Gasteiger partial charge in [-0.2, -0.15) is 0 Å². The lowest BCUT2D eigenvalue weighted by Crippen LogP contribution is -2.56. The molecule has 36 heavy (non-hydrogen) atoms. The molecule has 4 aromatic rings. The third kappa shape index (κ3) is 4.33. The molecule has 6 rings (SSSR count). The molecule has 1 saturated heterocycles. The monoisotopic (exact) mass is 508 g/mol. The molecule has 2 fully saturated rings. The Morgan fingerprint density at radius 3 is 2.47 bits per heavy atom. The van der Waals surface area contributed by atoms with Crippen LogP contribution >= 0.6 is 11.6 Å².